The molecule has 4 heterocycles. The van der Waals surface area contributed by atoms with Crippen molar-refractivity contribution in [1.82, 2.24) is 29.3 Å². The molecule has 0 amide bonds. The Labute approximate surface area is 147 Å². The molecular weight excluding hydrogens is 334 g/mol. The van der Waals surface area contributed by atoms with Crippen LogP contribution in [0.1, 0.15) is 0 Å². The molecule has 0 aromatic carbocycles. The summed E-state index contributed by atoms with van der Waals surface area (Å²) >= 11 is 0. The highest BCUT2D eigenvalue weighted by Crippen LogP contribution is 2.30. The van der Waals surface area contributed by atoms with Gasteiger partial charge in [-0.05, 0) is 12.1 Å². The SMILES string of the molecule is COc1ncc(-c2ccc3c(O)n(-c4cnn(CC#N)c4)cc3n2)cn1. The minimum Gasteiger partial charge on any atom is -0.494 e. The van der Waals surface area contributed by atoms with Gasteiger partial charge in [0.1, 0.15) is 6.54 Å². The minimum atomic E-state index is 0.0570. The fourth-order valence-corrected chi connectivity index (χ4v) is 2.62. The molecule has 4 aromatic rings. The highest BCUT2D eigenvalue weighted by atomic mass is 16.5. The molecular formula is C17H13N7O2. The van der Waals surface area contributed by atoms with Crippen molar-refractivity contribution in [2.24, 2.45) is 0 Å². The maximum absolute atomic E-state index is 10.5. The third-order valence-electron chi connectivity index (χ3n) is 3.88. The van der Waals surface area contributed by atoms with Gasteiger partial charge in [-0.3, -0.25) is 9.25 Å². The van der Waals surface area contributed by atoms with Crippen LogP contribution >= 0.6 is 0 Å². The zero-order chi connectivity index (χ0) is 18.1. The zero-order valence-corrected chi connectivity index (χ0v) is 13.7. The molecule has 0 bridgehead atoms. The molecule has 0 saturated carbocycles. The van der Waals surface area contributed by atoms with Gasteiger partial charge in [0, 0.05) is 24.2 Å². The van der Waals surface area contributed by atoms with Gasteiger partial charge in [0.05, 0.1) is 47.9 Å². The number of fused-ring (bicyclic) bond motifs is 1. The number of methoxy groups -OCH3 is 1. The van der Waals surface area contributed by atoms with E-state index in [4.69, 9.17) is 10.00 Å². The van der Waals surface area contributed by atoms with Crippen molar-refractivity contribution in [1.29, 1.82) is 5.26 Å². The van der Waals surface area contributed by atoms with Gasteiger partial charge < -0.3 is 9.84 Å². The number of ether oxygens (including phenoxy) is 1. The summed E-state index contributed by atoms with van der Waals surface area (Å²) in [6.07, 6.45) is 8.23. The van der Waals surface area contributed by atoms with Crippen LogP contribution in [0.25, 0.3) is 27.8 Å². The van der Waals surface area contributed by atoms with Gasteiger partial charge in [0.2, 0.25) is 5.88 Å². The maximum Gasteiger partial charge on any atom is 0.316 e. The van der Waals surface area contributed by atoms with Gasteiger partial charge in [-0.2, -0.15) is 10.4 Å². The number of hydrogen-bond acceptors (Lipinski definition) is 7. The van der Waals surface area contributed by atoms with E-state index in [-0.39, 0.29) is 18.4 Å². The van der Waals surface area contributed by atoms with Crippen LogP contribution in [0.3, 0.4) is 0 Å². The van der Waals surface area contributed by atoms with E-state index in [9.17, 15) is 5.11 Å². The second-order valence-electron chi connectivity index (χ2n) is 5.46. The third-order valence-corrected chi connectivity index (χ3v) is 3.88. The Balaban J connectivity index is 1.75. The van der Waals surface area contributed by atoms with Crippen LogP contribution in [0.5, 0.6) is 11.9 Å². The number of nitrogens with zero attached hydrogens (tertiary/aromatic N) is 7. The Bertz CT molecular complexity index is 1120. The monoisotopic (exact) mass is 347 g/mol. The molecule has 0 radical (unpaired) electrons. The minimum absolute atomic E-state index is 0.0570. The summed E-state index contributed by atoms with van der Waals surface area (Å²) in [7, 11) is 1.50. The van der Waals surface area contributed by atoms with Crippen molar-refractivity contribution in [2.75, 3.05) is 7.11 Å². The van der Waals surface area contributed by atoms with Crippen LogP contribution in [0, 0.1) is 11.3 Å². The molecule has 0 saturated heterocycles. The second kappa shape index (κ2) is 6.18. The predicted octanol–water partition coefficient (Wildman–Crippen LogP) is 1.92. The van der Waals surface area contributed by atoms with Crippen LogP contribution in [-0.4, -0.2) is 41.5 Å². The van der Waals surface area contributed by atoms with E-state index in [0.717, 1.165) is 5.56 Å². The molecule has 0 aliphatic rings. The summed E-state index contributed by atoms with van der Waals surface area (Å²) in [6, 6.07) is 5.88. The Kier molecular flexibility index (Phi) is 3.70. The standard InChI is InChI=1S/C17H13N7O2/c1-26-17-19-6-11(7-20-17)14-3-2-13-15(22-14)10-24(16(13)25)12-8-21-23(9-12)5-4-18/h2-3,6-10,25H,5H2,1H3. The van der Waals surface area contributed by atoms with E-state index in [1.807, 2.05) is 6.07 Å². The Morgan fingerprint density at radius 1 is 1.19 bits per heavy atom. The molecule has 0 aliphatic heterocycles. The van der Waals surface area contributed by atoms with E-state index >= 15 is 0 Å². The smallest absolute Gasteiger partial charge is 0.316 e. The summed E-state index contributed by atoms with van der Waals surface area (Å²) in [5.41, 5.74) is 2.67. The molecule has 4 rings (SSSR count). The Hall–Kier alpha value is -3.93. The lowest BCUT2D eigenvalue weighted by molar-refractivity contribution is 0.380. The van der Waals surface area contributed by atoms with Gasteiger partial charge in [-0.1, -0.05) is 0 Å². The first-order valence-electron chi connectivity index (χ1n) is 7.67. The largest absolute Gasteiger partial charge is 0.494 e. The van der Waals surface area contributed by atoms with E-state index in [1.54, 1.807) is 47.7 Å². The van der Waals surface area contributed by atoms with Gasteiger partial charge in [0.15, 0.2) is 0 Å². The van der Waals surface area contributed by atoms with Crippen molar-refractivity contribution in [3.8, 4) is 34.9 Å². The average molecular weight is 347 g/mol. The van der Waals surface area contributed by atoms with Crippen LogP contribution in [0.2, 0.25) is 0 Å². The molecule has 128 valence electrons. The number of nitriles is 1. The van der Waals surface area contributed by atoms with Crippen LogP contribution < -0.4 is 4.74 Å². The molecule has 9 heteroatoms. The van der Waals surface area contributed by atoms with Crippen molar-refractivity contribution < 1.29 is 9.84 Å². The number of pyridine rings is 1. The summed E-state index contributed by atoms with van der Waals surface area (Å²) in [5, 5.41) is 23.9. The zero-order valence-electron chi connectivity index (χ0n) is 13.7. The molecule has 26 heavy (non-hydrogen) atoms. The van der Waals surface area contributed by atoms with Crippen LogP contribution in [0.4, 0.5) is 0 Å². The van der Waals surface area contributed by atoms with Gasteiger partial charge in [-0.15, -0.1) is 0 Å². The van der Waals surface area contributed by atoms with Gasteiger partial charge >= 0.3 is 6.01 Å². The van der Waals surface area contributed by atoms with E-state index in [0.29, 0.717) is 22.3 Å². The molecule has 0 spiro atoms. The van der Waals surface area contributed by atoms with E-state index in [1.165, 1.54) is 11.8 Å². The van der Waals surface area contributed by atoms with E-state index in [2.05, 4.69) is 20.1 Å². The van der Waals surface area contributed by atoms with Crippen molar-refractivity contribution in [3.05, 3.63) is 43.1 Å². The molecule has 1 N–H and O–H groups in total. The summed E-state index contributed by atoms with van der Waals surface area (Å²) in [6.45, 7) is 0.140. The first kappa shape index (κ1) is 15.6. The quantitative estimate of drug-likeness (QED) is 0.599. The summed E-state index contributed by atoms with van der Waals surface area (Å²) in [4.78, 5) is 12.7. The molecule has 0 atom stereocenters. The Morgan fingerprint density at radius 2 is 2.00 bits per heavy atom. The highest BCUT2D eigenvalue weighted by Gasteiger charge is 2.13. The number of rotatable bonds is 4. The topological polar surface area (TPSA) is 115 Å². The fraction of sp³-hybridized carbons (Fsp3) is 0.118. The second-order valence-corrected chi connectivity index (χ2v) is 5.46. The van der Waals surface area contributed by atoms with Gasteiger partial charge in [-0.25, -0.2) is 15.0 Å². The molecule has 4 aromatic heterocycles. The lowest BCUT2D eigenvalue weighted by Crippen LogP contribution is -1.94. The molecule has 0 aliphatic carbocycles. The third kappa shape index (κ3) is 2.59. The summed E-state index contributed by atoms with van der Waals surface area (Å²) in [5.74, 6) is 0.0570. The first-order chi connectivity index (χ1) is 12.7. The average Bonchev–Trinajstić information content (AvgIpc) is 3.26. The van der Waals surface area contributed by atoms with Crippen molar-refractivity contribution in [2.45, 2.75) is 6.54 Å². The first-order valence-corrected chi connectivity index (χ1v) is 7.67. The fourth-order valence-electron chi connectivity index (χ4n) is 2.62. The highest BCUT2D eigenvalue weighted by molar-refractivity contribution is 5.87. The lowest BCUT2D eigenvalue weighted by Gasteiger charge is -2.01. The van der Waals surface area contributed by atoms with Gasteiger partial charge in [0.25, 0.3) is 0 Å². The molecule has 9 nitrogen and oxygen atoms in total. The normalized spacial score (nSPS) is 10.8. The number of hydrogen-bond donors (Lipinski definition) is 1. The van der Waals surface area contributed by atoms with Crippen LogP contribution in [0.15, 0.2) is 43.1 Å². The lowest BCUT2D eigenvalue weighted by atomic mass is 10.2. The number of aromatic nitrogens is 6. The maximum atomic E-state index is 10.5. The predicted molar refractivity (Wildman–Crippen MR) is 91.7 cm³/mol. The molecule has 0 fully saturated rings. The van der Waals surface area contributed by atoms with Crippen molar-refractivity contribution >= 4 is 10.9 Å². The van der Waals surface area contributed by atoms with Crippen LogP contribution in [-0.2, 0) is 6.54 Å². The summed E-state index contributed by atoms with van der Waals surface area (Å²) < 4.78 is 8.02. The number of aromatic hydroxyl groups is 1. The van der Waals surface area contributed by atoms with Crippen molar-refractivity contribution in [3.63, 3.8) is 0 Å². The Morgan fingerprint density at radius 3 is 2.73 bits per heavy atom. The molecule has 0 unspecified atom stereocenters. The van der Waals surface area contributed by atoms with E-state index < -0.39 is 0 Å².